The Bertz CT molecular complexity index is 2400. The largest absolute Gasteiger partial charge is 0.237 e. The lowest BCUT2D eigenvalue weighted by Crippen LogP contribution is -1.95. The smallest absolute Gasteiger partial charge is 0.159 e. The molecule has 0 amide bonds. The minimum Gasteiger partial charge on any atom is -0.237 e. The van der Waals surface area contributed by atoms with Crippen LogP contribution in [0, 0.1) is 0 Å². The Morgan fingerprint density at radius 3 is 1.74 bits per heavy atom. The van der Waals surface area contributed by atoms with Gasteiger partial charge in [0.15, 0.2) is 11.6 Å². The standard InChI is InChI=1S/C40H24N4S2/c1-3-10-25(11-4-1)39-41-21-18-33(43-39)31-17-9-16-30-28-14-7-8-15-29(28)35-36-27(20-23-45-36)24-32(38(35)46-37(30)31)34-19-22-42-40(44-34)26-12-5-2-6-13-26/h1-24H. The molecule has 4 nitrogen and oxygen atoms in total. The summed E-state index contributed by atoms with van der Waals surface area (Å²) in [6.07, 6.45) is 3.73. The number of benzene rings is 5. The van der Waals surface area contributed by atoms with Gasteiger partial charge in [-0.2, -0.15) is 0 Å². The molecule has 216 valence electrons. The molecule has 4 heterocycles. The van der Waals surface area contributed by atoms with Gasteiger partial charge in [0.2, 0.25) is 0 Å². The normalized spacial score (nSPS) is 11.8. The van der Waals surface area contributed by atoms with Crippen molar-refractivity contribution in [2.75, 3.05) is 0 Å². The maximum atomic E-state index is 5.14. The summed E-state index contributed by atoms with van der Waals surface area (Å²) in [4.78, 5) is 21.8. The molecule has 9 rings (SSSR count). The van der Waals surface area contributed by atoms with E-state index in [-0.39, 0.29) is 0 Å². The topological polar surface area (TPSA) is 51.6 Å². The van der Waals surface area contributed by atoms with Gasteiger partial charge in [0, 0.05) is 54.7 Å². The van der Waals surface area contributed by atoms with Crippen LogP contribution < -0.4 is 0 Å². The maximum Gasteiger partial charge on any atom is 0.159 e. The van der Waals surface area contributed by atoms with Crippen LogP contribution in [-0.4, -0.2) is 19.9 Å². The molecule has 8 aromatic rings. The van der Waals surface area contributed by atoms with E-state index in [2.05, 4.69) is 94.2 Å². The molecule has 1 aliphatic heterocycles. The second-order valence-electron chi connectivity index (χ2n) is 11.1. The third-order valence-corrected chi connectivity index (χ3v) is 10.5. The molecule has 0 fully saturated rings. The Hall–Kier alpha value is -5.43. The van der Waals surface area contributed by atoms with Crippen molar-refractivity contribution in [1.29, 1.82) is 0 Å². The molecule has 0 saturated carbocycles. The molecule has 3 aromatic heterocycles. The molecule has 0 saturated heterocycles. The highest BCUT2D eigenvalue weighted by Crippen LogP contribution is 2.56. The van der Waals surface area contributed by atoms with Gasteiger partial charge >= 0.3 is 0 Å². The van der Waals surface area contributed by atoms with Gasteiger partial charge in [-0.15, -0.1) is 11.3 Å². The maximum absolute atomic E-state index is 5.14. The minimum absolute atomic E-state index is 0.713. The van der Waals surface area contributed by atoms with Gasteiger partial charge in [-0.05, 0) is 51.7 Å². The predicted molar refractivity (Wildman–Crippen MR) is 190 cm³/mol. The minimum atomic E-state index is 0.713. The average molecular weight is 625 g/mol. The van der Waals surface area contributed by atoms with E-state index in [1.54, 1.807) is 11.3 Å². The molecule has 0 radical (unpaired) electrons. The monoisotopic (exact) mass is 624 g/mol. The number of rotatable bonds is 4. The zero-order chi connectivity index (χ0) is 30.5. The summed E-state index contributed by atoms with van der Waals surface area (Å²) in [7, 11) is 0. The van der Waals surface area contributed by atoms with Crippen molar-refractivity contribution >= 4 is 33.2 Å². The quantitative estimate of drug-likeness (QED) is 0.195. The lowest BCUT2D eigenvalue weighted by Gasteiger charge is -2.16. The second-order valence-corrected chi connectivity index (χ2v) is 13.0. The van der Waals surface area contributed by atoms with Crippen LogP contribution >= 0.6 is 23.1 Å². The molecule has 0 aliphatic carbocycles. The number of aromatic nitrogens is 4. The van der Waals surface area contributed by atoms with Crippen LogP contribution in [0.2, 0.25) is 0 Å². The van der Waals surface area contributed by atoms with E-state index >= 15 is 0 Å². The van der Waals surface area contributed by atoms with Gasteiger partial charge < -0.3 is 0 Å². The van der Waals surface area contributed by atoms with E-state index < -0.39 is 0 Å². The number of nitrogens with zero attached hydrogens (tertiary/aromatic N) is 4. The number of hydrogen-bond donors (Lipinski definition) is 0. The van der Waals surface area contributed by atoms with Gasteiger partial charge in [-0.25, -0.2) is 19.9 Å². The third-order valence-electron chi connectivity index (χ3n) is 8.33. The first-order valence-electron chi connectivity index (χ1n) is 15.0. The van der Waals surface area contributed by atoms with Crippen molar-refractivity contribution in [2.24, 2.45) is 0 Å². The van der Waals surface area contributed by atoms with Crippen LogP contribution in [-0.2, 0) is 0 Å². The molecule has 0 atom stereocenters. The molecule has 46 heavy (non-hydrogen) atoms. The highest BCUT2D eigenvalue weighted by Gasteiger charge is 2.28. The number of thiophene rings is 1. The van der Waals surface area contributed by atoms with Gasteiger partial charge in [0.05, 0.1) is 11.4 Å². The summed E-state index contributed by atoms with van der Waals surface area (Å²) in [5, 5.41) is 3.40. The predicted octanol–water partition coefficient (Wildman–Crippen LogP) is 10.9. The van der Waals surface area contributed by atoms with Crippen LogP contribution in [0.1, 0.15) is 0 Å². The Kier molecular flexibility index (Phi) is 6.54. The molecule has 0 spiro atoms. The van der Waals surface area contributed by atoms with Crippen LogP contribution in [0.15, 0.2) is 155 Å². The van der Waals surface area contributed by atoms with E-state index in [1.807, 2.05) is 72.7 Å². The molecular weight excluding hydrogens is 601 g/mol. The van der Waals surface area contributed by atoms with Gasteiger partial charge in [-0.1, -0.05) is 115 Å². The van der Waals surface area contributed by atoms with Gasteiger partial charge in [0.1, 0.15) is 0 Å². The highest BCUT2D eigenvalue weighted by molar-refractivity contribution is 8.00. The Morgan fingerprint density at radius 2 is 1.04 bits per heavy atom. The summed E-state index contributed by atoms with van der Waals surface area (Å²) in [5.41, 5.74) is 10.8. The molecular formula is C40H24N4S2. The van der Waals surface area contributed by atoms with Gasteiger partial charge in [-0.3, -0.25) is 0 Å². The van der Waals surface area contributed by atoms with Crippen molar-refractivity contribution in [3.63, 3.8) is 0 Å². The lowest BCUT2D eigenvalue weighted by molar-refractivity contribution is 1.17. The molecule has 0 unspecified atom stereocenters. The molecule has 0 N–H and O–H groups in total. The fraction of sp³-hybridized carbons (Fsp3) is 0. The zero-order valence-corrected chi connectivity index (χ0v) is 26.1. The van der Waals surface area contributed by atoms with Crippen molar-refractivity contribution in [1.82, 2.24) is 19.9 Å². The van der Waals surface area contributed by atoms with Crippen molar-refractivity contribution in [3.8, 4) is 67.5 Å². The number of hydrogen-bond acceptors (Lipinski definition) is 6. The second kappa shape index (κ2) is 11.2. The number of fused-ring (bicyclic) bond motifs is 7. The van der Waals surface area contributed by atoms with E-state index in [1.165, 1.54) is 42.1 Å². The van der Waals surface area contributed by atoms with Crippen LogP contribution in [0.3, 0.4) is 0 Å². The first-order valence-corrected chi connectivity index (χ1v) is 16.7. The van der Waals surface area contributed by atoms with E-state index in [0.29, 0.717) is 11.6 Å². The SMILES string of the molecule is c1ccc(-c2nccc(-c3cccc4c3Sc3c(-c5ccnc(-c6ccccc6)n5)cc5ccsc5c3-c3ccccc3-4)n2)cc1. The first kappa shape index (κ1) is 26.9. The first-order chi connectivity index (χ1) is 22.8. The molecule has 6 heteroatoms. The Balaban J connectivity index is 1.31. The highest BCUT2D eigenvalue weighted by atomic mass is 32.2. The van der Waals surface area contributed by atoms with Crippen molar-refractivity contribution in [3.05, 3.63) is 145 Å². The van der Waals surface area contributed by atoms with Gasteiger partial charge in [0.25, 0.3) is 0 Å². The fourth-order valence-electron chi connectivity index (χ4n) is 6.20. The van der Waals surface area contributed by atoms with E-state index in [9.17, 15) is 0 Å². The van der Waals surface area contributed by atoms with Crippen LogP contribution in [0.4, 0.5) is 0 Å². The average Bonchev–Trinajstić information content (AvgIpc) is 3.55. The summed E-state index contributed by atoms with van der Waals surface area (Å²) in [5.74, 6) is 1.43. The summed E-state index contributed by atoms with van der Waals surface area (Å²) in [6, 6.07) is 44.2. The van der Waals surface area contributed by atoms with E-state index in [0.717, 1.165) is 33.6 Å². The van der Waals surface area contributed by atoms with Crippen molar-refractivity contribution < 1.29 is 0 Å². The molecule has 5 aromatic carbocycles. The summed E-state index contributed by atoms with van der Waals surface area (Å²) >= 11 is 3.60. The zero-order valence-electron chi connectivity index (χ0n) is 24.5. The molecule has 1 aliphatic rings. The van der Waals surface area contributed by atoms with Crippen LogP contribution in [0.25, 0.3) is 77.6 Å². The fourth-order valence-corrected chi connectivity index (χ4v) is 8.58. The van der Waals surface area contributed by atoms with E-state index in [4.69, 9.17) is 9.97 Å². The Labute approximate surface area is 274 Å². The molecule has 0 bridgehead atoms. The van der Waals surface area contributed by atoms with Crippen molar-refractivity contribution in [2.45, 2.75) is 9.79 Å². The Morgan fingerprint density at radius 1 is 0.457 bits per heavy atom. The lowest BCUT2D eigenvalue weighted by atomic mass is 9.91. The van der Waals surface area contributed by atoms with Crippen LogP contribution in [0.5, 0.6) is 0 Å². The summed E-state index contributed by atoms with van der Waals surface area (Å²) in [6.45, 7) is 0. The summed E-state index contributed by atoms with van der Waals surface area (Å²) < 4.78 is 1.28. The third kappa shape index (κ3) is 4.53.